The lowest BCUT2D eigenvalue weighted by Crippen LogP contribution is -2.51. The van der Waals surface area contributed by atoms with Crippen molar-refractivity contribution in [3.8, 4) is 5.75 Å². The molecule has 0 spiro atoms. The molecule has 0 bridgehead atoms. The number of ether oxygens (including phenoxy) is 1. The standard InChI is InChI=1S/C23H29N3O2/c1-18-6-3-4-8-21(18)25-14-12-24(13-15-25)17-23(27)26-11-5-7-19-16-20(28-2)9-10-22(19)26/h3-4,6,8-10,16H,5,7,11-15,17H2,1-2H3. The predicted octanol–water partition coefficient (Wildman–Crippen LogP) is 3.11. The summed E-state index contributed by atoms with van der Waals surface area (Å²) in [4.78, 5) is 19.7. The molecule has 0 unspecified atom stereocenters. The molecule has 2 aliphatic heterocycles. The van der Waals surface area contributed by atoms with Crippen molar-refractivity contribution >= 4 is 17.3 Å². The lowest BCUT2D eigenvalue weighted by molar-refractivity contribution is -0.119. The number of carbonyl (C=O) groups is 1. The van der Waals surface area contributed by atoms with Gasteiger partial charge in [0.05, 0.1) is 13.7 Å². The molecular weight excluding hydrogens is 350 g/mol. The van der Waals surface area contributed by atoms with Crippen LogP contribution in [0, 0.1) is 6.92 Å². The Hall–Kier alpha value is -2.53. The second-order valence-corrected chi connectivity index (χ2v) is 7.69. The monoisotopic (exact) mass is 379 g/mol. The van der Waals surface area contributed by atoms with Crippen LogP contribution < -0.4 is 14.5 Å². The van der Waals surface area contributed by atoms with Crippen molar-refractivity contribution in [3.05, 3.63) is 53.6 Å². The summed E-state index contributed by atoms with van der Waals surface area (Å²) in [7, 11) is 1.68. The Kier molecular flexibility index (Phi) is 5.53. The van der Waals surface area contributed by atoms with Crippen molar-refractivity contribution in [1.29, 1.82) is 0 Å². The maximum Gasteiger partial charge on any atom is 0.241 e. The Morgan fingerprint density at radius 3 is 2.54 bits per heavy atom. The van der Waals surface area contributed by atoms with Crippen LogP contribution in [0.5, 0.6) is 5.75 Å². The summed E-state index contributed by atoms with van der Waals surface area (Å²) in [6.45, 7) is 7.23. The number of carbonyl (C=O) groups excluding carboxylic acids is 1. The van der Waals surface area contributed by atoms with Crippen molar-refractivity contribution in [3.63, 3.8) is 0 Å². The number of rotatable bonds is 4. The van der Waals surface area contributed by atoms with Gasteiger partial charge in [0, 0.05) is 44.1 Å². The van der Waals surface area contributed by atoms with Crippen molar-refractivity contribution in [2.45, 2.75) is 19.8 Å². The summed E-state index contributed by atoms with van der Waals surface area (Å²) in [5.41, 5.74) is 4.89. The van der Waals surface area contributed by atoms with Crippen LogP contribution in [-0.4, -0.2) is 57.2 Å². The number of piperazine rings is 1. The molecule has 2 aliphatic rings. The zero-order valence-corrected chi connectivity index (χ0v) is 16.9. The fourth-order valence-electron chi connectivity index (χ4n) is 4.30. The summed E-state index contributed by atoms with van der Waals surface area (Å²) >= 11 is 0. The zero-order chi connectivity index (χ0) is 19.5. The van der Waals surface area contributed by atoms with E-state index in [9.17, 15) is 4.79 Å². The first-order chi connectivity index (χ1) is 13.7. The number of aryl methyl sites for hydroxylation is 2. The number of hydrogen-bond donors (Lipinski definition) is 0. The SMILES string of the molecule is COc1ccc2c(c1)CCCN2C(=O)CN1CCN(c2ccccc2C)CC1. The fourth-order valence-corrected chi connectivity index (χ4v) is 4.30. The second kappa shape index (κ2) is 8.23. The van der Waals surface area contributed by atoms with Crippen molar-refractivity contribution in [1.82, 2.24) is 4.90 Å². The summed E-state index contributed by atoms with van der Waals surface area (Å²) in [6, 6.07) is 14.6. The topological polar surface area (TPSA) is 36.0 Å². The molecule has 1 fully saturated rings. The van der Waals surface area contributed by atoms with E-state index in [1.165, 1.54) is 16.8 Å². The minimum Gasteiger partial charge on any atom is -0.497 e. The van der Waals surface area contributed by atoms with E-state index in [0.29, 0.717) is 6.54 Å². The van der Waals surface area contributed by atoms with Crippen LogP contribution in [0.25, 0.3) is 0 Å². The molecule has 2 aromatic rings. The molecule has 2 heterocycles. The number of para-hydroxylation sites is 1. The van der Waals surface area contributed by atoms with Gasteiger partial charge >= 0.3 is 0 Å². The quantitative estimate of drug-likeness (QED) is 0.818. The number of methoxy groups -OCH3 is 1. The van der Waals surface area contributed by atoms with Crippen molar-refractivity contribution in [2.24, 2.45) is 0 Å². The first kappa shape index (κ1) is 18.8. The number of amides is 1. The highest BCUT2D eigenvalue weighted by Gasteiger charge is 2.26. The Bertz CT molecular complexity index is 843. The van der Waals surface area contributed by atoms with Crippen LogP contribution in [0.4, 0.5) is 11.4 Å². The Morgan fingerprint density at radius 1 is 1.00 bits per heavy atom. The van der Waals surface area contributed by atoms with Gasteiger partial charge in [-0.05, 0) is 55.2 Å². The Balaban J connectivity index is 1.37. The minimum atomic E-state index is 0.204. The third kappa shape index (κ3) is 3.85. The van der Waals surface area contributed by atoms with E-state index in [-0.39, 0.29) is 5.91 Å². The molecule has 0 aromatic heterocycles. The van der Waals surface area contributed by atoms with E-state index in [1.54, 1.807) is 7.11 Å². The number of benzene rings is 2. The average molecular weight is 380 g/mol. The molecule has 5 heteroatoms. The van der Waals surface area contributed by atoms with E-state index in [0.717, 1.165) is 57.0 Å². The van der Waals surface area contributed by atoms with E-state index < -0.39 is 0 Å². The van der Waals surface area contributed by atoms with Crippen LogP contribution in [0.2, 0.25) is 0 Å². The molecule has 4 rings (SSSR count). The van der Waals surface area contributed by atoms with Crippen LogP contribution in [-0.2, 0) is 11.2 Å². The van der Waals surface area contributed by atoms with Crippen molar-refractivity contribution < 1.29 is 9.53 Å². The van der Waals surface area contributed by atoms with Crippen LogP contribution in [0.3, 0.4) is 0 Å². The third-order valence-electron chi connectivity index (χ3n) is 5.89. The summed E-state index contributed by atoms with van der Waals surface area (Å²) < 4.78 is 5.34. The molecule has 28 heavy (non-hydrogen) atoms. The second-order valence-electron chi connectivity index (χ2n) is 7.69. The molecular formula is C23H29N3O2. The highest BCUT2D eigenvalue weighted by atomic mass is 16.5. The van der Waals surface area contributed by atoms with Crippen LogP contribution in [0.15, 0.2) is 42.5 Å². The normalized spacial score (nSPS) is 17.4. The minimum absolute atomic E-state index is 0.204. The highest BCUT2D eigenvalue weighted by molar-refractivity contribution is 5.96. The lowest BCUT2D eigenvalue weighted by atomic mass is 10.0. The highest BCUT2D eigenvalue weighted by Crippen LogP contribution is 2.30. The summed E-state index contributed by atoms with van der Waals surface area (Å²) in [5, 5.41) is 0. The number of fused-ring (bicyclic) bond motifs is 1. The molecule has 0 N–H and O–H groups in total. The molecule has 148 valence electrons. The van der Waals surface area contributed by atoms with Gasteiger partial charge in [-0.2, -0.15) is 0 Å². The number of anilines is 2. The largest absolute Gasteiger partial charge is 0.497 e. The van der Waals surface area contributed by atoms with Gasteiger partial charge < -0.3 is 14.5 Å². The van der Waals surface area contributed by atoms with E-state index in [2.05, 4.69) is 47.1 Å². The maximum absolute atomic E-state index is 13.0. The van der Waals surface area contributed by atoms with Gasteiger partial charge in [0.25, 0.3) is 0 Å². The van der Waals surface area contributed by atoms with Gasteiger partial charge in [-0.1, -0.05) is 18.2 Å². The van der Waals surface area contributed by atoms with E-state index in [1.807, 2.05) is 17.0 Å². The molecule has 5 nitrogen and oxygen atoms in total. The molecule has 1 amide bonds. The van der Waals surface area contributed by atoms with Gasteiger partial charge in [0.1, 0.15) is 5.75 Å². The predicted molar refractivity (Wildman–Crippen MR) is 114 cm³/mol. The van der Waals surface area contributed by atoms with Gasteiger partial charge in [0.15, 0.2) is 0 Å². The van der Waals surface area contributed by atoms with Gasteiger partial charge in [-0.15, -0.1) is 0 Å². The van der Waals surface area contributed by atoms with E-state index in [4.69, 9.17) is 4.74 Å². The summed E-state index contributed by atoms with van der Waals surface area (Å²) in [6.07, 6.45) is 2.01. The molecule has 0 radical (unpaired) electrons. The molecule has 1 saturated heterocycles. The number of hydrogen-bond acceptors (Lipinski definition) is 4. The van der Waals surface area contributed by atoms with Crippen LogP contribution in [0.1, 0.15) is 17.5 Å². The van der Waals surface area contributed by atoms with Crippen molar-refractivity contribution in [2.75, 3.05) is 56.2 Å². The molecule has 0 atom stereocenters. The molecule has 0 aliphatic carbocycles. The Labute approximate surface area is 167 Å². The zero-order valence-electron chi connectivity index (χ0n) is 16.9. The third-order valence-corrected chi connectivity index (χ3v) is 5.89. The smallest absolute Gasteiger partial charge is 0.241 e. The van der Waals surface area contributed by atoms with Gasteiger partial charge in [-0.25, -0.2) is 0 Å². The fraction of sp³-hybridized carbons (Fsp3) is 0.435. The van der Waals surface area contributed by atoms with Gasteiger partial charge in [0.2, 0.25) is 5.91 Å². The average Bonchev–Trinajstić information content (AvgIpc) is 2.74. The molecule has 2 aromatic carbocycles. The molecule has 0 saturated carbocycles. The van der Waals surface area contributed by atoms with Gasteiger partial charge in [-0.3, -0.25) is 9.69 Å². The lowest BCUT2D eigenvalue weighted by Gasteiger charge is -2.38. The van der Waals surface area contributed by atoms with E-state index >= 15 is 0 Å². The first-order valence-electron chi connectivity index (χ1n) is 10.2. The number of nitrogens with zero attached hydrogens (tertiary/aromatic N) is 3. The Morgan fingerprint density at radius 2 is 1.79 bits per heavy atom. The maximum atomic E-state index is 13.0. The van der Waals surface area contributed by atoms with Crippen LogP contribution >= 0.6 is 0 Å². The first-order valence-corrected chi connectivity index (χ1v) is 10.2. The summed E-state index contributed by atoms with van der Waals surface area (Å²) in [5.74, 6) is 1.07.